The Bertz CT molecular complexity index is 3520. The first-order chi connectivity index (χ1) is 29.8. The lowest BCUT2D eigenvalue weighted by molar-refractivity contribution is 0.669. The van der Waals surface area contributed by atoms with Crippen LogP contribution in [0.4, 0.5) is 0 Å². The molecule has 3 heterocycles. The molecule has 0 spiro atoms. The first kappa shape index (κ1) is 33.9. The smallest absolute Gasteiger partial charge is 0.164 e. The van der Waals surface area contributed by atoms with Gasteiger partial charge in [0.1, 0.15) is 11.2 Å². The molecule has 280 valence electrons. The zero-order valence-electron chi connectivity index (χ0n) is 32.3. The van der Waals surface area contributed by atoms with E-state index in [-0.39, 0.29) is 0 Å². The summed E-state index contributed by atoms with van der Waals surface area (Å²) in [6.07, 6.45) is 0. The topological polar surface area (TPSA) is 56.7 Å². The molecular weight excluding hydrogens is 733 g/mol. The number of hydrogen-bond acceptors (Lipinski definition) is 4. The lowest BCUT2D eigenvalue weighted by atomic mass is 9.94. The molecule has 5 nitrogen and oxygen atoms in total. The van der Waals surface area contributed by atoms with E-state index >= 15 is 0 Å². The van der Waals surface area contributed by atoms with Gasteiger partial charge in [-0.1, -0.05) is 176 Å². The van der Waals surface area contributed by atoms with Crippen molar-refractivity contribution >= 4 is 54.5 Å². The van der Waals surface area contributed by atoms with Crippen molar-refractivity contribution in [2.45, 2.75) is 0 Å². The maximum atomic E-state index is 6.95. The molecule has 5 heteroatoms. The molecule has 3 aromatic heterocycles. The van der Waals surface area contributed by atoms with Crippen molar-refractivity contribution in [3.05, 3.63) is 206 Å². The maximum absolute atomic E-state index is 6.95. The molecule has 9 aromatic carbocycles. The monoisotopic (exact) mass is 766 g/mol. The van der Waals surface area contributed by atoms with Gasteiger partial charge < -0.3 is 8.98 Å². The number of nitrogens with zero attached hydrogens (tertiary/aromatic N) is 4. The van der Waals surface area contributed by atoms with Gasteiger partial charge in [-0.2, -0.15) is 0 Å². The SMILES string of the molecule is c1ccc(-c2nc(-c3ccccc3)nc(-c3cccc4oc5cc(-n6c7ccccc7c7c8ccccc8c(-c8ccccc8)cc76)cc(-c6ccccc6)c5c34)n2)cc1. The molecule has 12 aromatic rings. The van der Waals surface area contributed by atoms with Gasteiger partial charge in [0.15, 0.2) is 17.5 Å². The fourth-order valence-electron chi connectivity index (χ4n) is 8.99. The predicted octanol–water partition coefficient (Wildman–Crippen LogP) is 14.4. The second kappa shape index (κ2) is 13.8. The first-order valence-corrected chi connectivity index (χ1v) is 20.2. The quantitative estimate of drug-likeness (QED) is 0.169. The summed E-state index contributed by atoms with van der Waals surface area (Å²) in [6, 6.07) is 72.1. The van der Waals surface area contributed by atoms with Gasteiger partial charge >= 0.3 is 0 Å². The van der Waals surface area contributed by atoms with E-state index in [2.05, 4.69) is 138 Å². The summed E-state index contributed by atoms with van der Waals surface area (Å²) in [5.74, 6) is 1.81. The second-order valence-electron chi connectivity index (χ2n) is 15.1. The molecule has 0 aliphatic carbocycles. The van der Waals surface area contributed by atoms with Gasteiger partial charge in [-0.05, 0) is 57.3 Å². The Hall–Kier alpha value is -8.15. The van der Waals surface area contributed by atoms with E-state index in [1.807, 2.05) is 72.8 Å². The highest BCUT2D eigenvalue weighted by Crippen LogP contribution is 2.46. The van der Waals surface area contributed by atoms with Crippen LogP contribution >= 0.6 is 0 Å². The van der Waals surface area contributed by atoms with Crippen LogP contribution < -0.4 is 0 Å². The summed E-state index contributed by atoms with van der Waals surface area (Å²) in [5.41, 5.74) is 12.1. The summed E-state index contributed by atoms with van der Waals surface area (Å²) >= 11 is 0. The fourth-order valence-corrected chi connectivity index (χ4v) is 8.99. The van der Waals surface area contributed by atoms with E-state index in [0.717, 1.165) is 66.5 Å². The molecule has 0 bridgehead atoms. The third-order valence-electron chi connectivity index (χ3n) is 11.6. The van der Waals surface area contributed by atoms with Crippen molar-refractivity contribution in [2.24, 2.45) is 0 Å². The van der Waals surface area contributed by atoms with Gasteiger partial charge in [-0.3, -0.25) is 0 Å². The third kappa shape index (κ3) is 5.44. The van der Waals surface area contributed by atoms with Crippen LogP contribution in [0.1, 0.15) is 0 Å². The van der Waals surface area contributed by atoms with Crippen LogP contribution in [0.5, 0.6) is 0 Å². The molecule has 0 unspecified atom stereocenters. The molecule has 0 aliphatic heterocycles. The van der Waals surface area contributed by atoms with Crippen LogP contribution in [0, 0.1) is 0 Å². The number of fused-ring (bicyclic) bond motifs is 8. The van der Waals surface area contributed by atoms with Crippen LogP contribution in [0.15, 0.2) is 211 Å². The van der Waals surface area contributed by atoms with Gasteiger partial charge in [0.2, 0.25) is 0 Å². The molecule has 12 rings (SSSR count). The lowest BCUT2D eigenvalue weighted by Gasteiger charge is -2.14. The van der Waals surface area contributed by atoms with E-state index < -0.39 is 0 Å². The Kier molecular flexibility index (Phi) is 7.78. The van der Waals surface area contributed by atoms with E-state index in [1.165, 1.54) is 32.7 Å². The Morgan fingerprint density at radius 1 is 0.317 bits per heavy atom. The zero-order valence-corrected chi connectivity index (χ0v) is 32.3. The molecular formula is C55H34N4O. The van der Waals surface area contributed by atoms with Crippen LogP contribution in [-0.2, 0) is 0 Å². The fraction of sp³-hybridized carbons (Fsp3) is 0. The summed E-state index contributed by atoms with van der Waals surface area (Å²) in [7, 11) is 0. The van der Waals surface area contributed by atoms with Gasteiger partial charge in [-0.25, -0.2) is 15.0 Å². The standard InChI is InChI=1S/C55H34N4O/c1-5-18-35(19-6-1)44-34-47-50(41-27-14-13-26-40(41)44)42-28-15-16-30-46(42)59(47)39-32-45(36-20-7-2-8-21-36)52-49(33-39)60-48-31-17-29-43(51(48)52)55-57-53(37-22-9-3-10-23-37)56-54(58-55)38-24-11-4-12-25-38/h1-34H. The Labute approximate surface area is 345 Å². The Morgan fingerprint density at radius 2 is 0.833 bits per heavy atom. The minimum Gasteiger partial charge on any atom is -0.456 e. The van der Waals surface area contributed by atoms with Crippen molar-refractivity contribution in [3.8, 4) is 62.1 Å². The van der Waals surface area contributed by atoms with E-state index in [9.17, 15) is 0 Å². The normalized spacial score (nSPS) is 11.7. The molecule has 60 heavy (non-hydrogen) atoms. The molecule has 0 saturated carbocycles. The average molecular weight is 767 g/mol. The minimum absolute atomic E-state index is 0.585. The van der Waals surface area contributed by atoms with Crippen LogP contribution in [0.2, 0.25) is 0 Å². The summed E-state index contributed by atoms with van der Waals surface area (Å²) in [6.45, 7) is 0. The largest absolute Gasteiger partial charge is 0.456 e. The highest BCUT2D eigenvalue weighted by molar-refractivity contribution is 6.25. The van der Waals surface area contributed by atoms with Crippen LogP contribution in [0.3, 0.4) is 0 Å². The van der Waals surface area contributed by atoms with Crippen molar-refractivity contribution in [3.63, 3.8) is 0 Å². The zero-order chi connectivity index (χ0) is 39.6. The molecule has 0 amide bonds. The third-order valence-corrected chi connectivity index (χ3v) is 11.6. The molecule has 0 radical (unpaired) electrons. The molecule has 0 atom stereocenters. The Morgan fingerprint density at radius 3 is 1.48 bits per heavy atom. The number of rotatable bonds is 6. The van der Waals surface area contributed by atoms with Crippen molar-refractivity contribution in [1.82, 2.24) is 19.5 Å². The summed E-state index contributed by atoms with van der Waals surface area (Å²) in [5, 5.41) is 6.86. The lowest BCUT2D eigenvalue weighted by Crippen LogP contribution is -2.00. The van der Waals surface area contributed by atoms with Crippen molar-refractivity contribution in [2.75, 3.05) is 0 Å². The number of para-hydroxylation sites is 1. The first-order valence-electron chi connectivity index (χ1n) is 20.2. The van der Waals surface area contributed by atoms with Gasteiger partial charge in [-0.15, -0.1) is 0 Å². The molecule has 0 N–H and O–H groups in total. The number of furan rings is 1. The number of aromatic nitrogens is 4. The highest BCUT2D eigenvalue weighted by atomic mass is 16.3. The van der Waals surface area contributed by atoms with Crippen molar-refractivity contribution in [1.29, 1.82) is 0 Å². The highest BCUT2D eigenvalue weighted by Gasteiger charge is 2.23. The Balaban J connectivity index is 1.16. The summed E-state index contributed by atoms with van der Waals surface area (Å²) < 4.78 is 9.36. The van der Waals surface area contributed by atoms with E-state index in [4.69, 9.17) is 19.4 Å². The van der Waals surface area contributed by atoms with Gasteiger partial charge in [0.25, 0.3) is 0 Å². The minimum atomic E-state index is 0.585. The number of benzene rings is 9. The number of hydrogen-bond donors (Lipinski definition) is 0. The predicted molar refractivity (Wildman–Crippen MR) is 246 cm³/mol. The molecule has 0 fully saturated rings. The average Bonchev–Trinajstić information content (AvgIpc) is 3.88. The van der Waals surface area contributed by atoms with Gasteiger partial charge in [0.05, 0.1) is 16.7 Å². The maximum Gasteiger partial charge on any atom is 0.164 e. The second-order valence-corrected chi connectivity index (χ2v) is 15.1. The molecule has 0 saturated heterocycles. The van der Waals surface area contributed by atoms with Crippen LogP contribution in [-0.4, -0.2) is 19.5 Å². The van der Waals surface area contributed by atoms with Gasteiger partial charge in [0, 0.05) is 44.3 Å². The van der Waals surface area contributed by atoms with Crippen LogP contribution in [0.25, 0.3) is 117 Å². The molecule has 0 aliphatic rings. The van der Waals surface area contributed by atoms with E-state index in [1.54, 1.807) is 0 Å². The van der Waals surface area contributed by atoms with E-state index in [0.29, 0.717) is 17.5 Å². The van der Waals surface area contributed by atoms with Crippen molar-refractivity contribution < 1.29 is 4.42 Å². The summed E-state index contributed by atoms with van der Waals surface area (Å²) in [4.78, 5) is 15.3.